The van der Waals surface area contributed by atoms with Gasteiger partial charge in [0, 0.05) is 24.9 Å². The van der Waals surface area contributed by atoms with Gasteiger partial charge in [0.2, 0.25) is 0 Å². The lowest BCUT2D eigenvalue weighted by Gasteiger charge is -2.26. The van der Waals surface area contributed by atoms with Crippen LogP contribution < -0.4 is 4.90 Å². The standard InChI is InChI=1S/C12H16FNO/c13-10-3-1-4-12(9-10)14-7-2-5-11(14)6-8-15/h1,3-4,9,11,15H,2,5-8H2. The summed E-state index contributed by atoms with van der Waals surface area (Å²) in [5.74, 6) is -0.192. The van der Waals surface area contributed by atoms with Gasteiger partial charge in [0.05, 0.1) is 0 Å². The van der Waals surface area contributed by atoms with Crippen molar-refractivity contribution in [2.24, 2.45) is 0 Å². The van der Waals surface area contributed by atoms with Gasteiger partial charge < -0.3 is 10.0 Å². The number of aliphatic hydroxyl groups excluding tert-OH is 1. The van der Waals surface area contributed by atoms with Crippen LogP contribution in [0.4, 0.5) is 10.1 Å². The van der Waals surface area contributed by atoms with E-state index in [2.05, 4.69) is 4.90 Å². The Bertz CT molecular complexity index is 329. The fraction of sp³-hybridized carbons (Fsp3) is 0.500. The van der Waals surface area contributed by atoms with Crippen LogP contribution in [0.5, 0.6) is 0 Å². The maximum absolute atomic E-state index is 13.1. The molecule has 1 saturated heterocycles. The maximum atomic E-state index is 13.1. The molecule has 0 bridgehead atoms. The zero-order chi connectivity index (χ0) is 10.7. The Balaban J connectivity index is 2.15. The highest BCUT2D eigenvalue weighted by molar-refractivity contribution is 5.48. The molecule has 0 spiro atoms. The molecule has 1 atom stereocenters. The van der Waals surface area contributed by atoms with Gasteiger partial charge in [-0.25, -0.2) is 4.39 Å². The van der Waals surface area contributed by atoms with E-state index in [1.165, 1.54) is 6.07 Å². The van der Waals surface area contributed by atoms with Gasteiger partial charge in [0.25, 0.3) is 0 Å². The first kappa shape index (κ1) is 10.4. The van der Waals surface area contributed by atoms with Gasteiger partial charge in [0.1, 0.15) is 5.82 Å². The Morgan fingerprint density at radius 2 is 2.33 bits per heavy atom. The van der Waals surface area contributed by atoms with Crippen molar-refractivity contribution in [2.45, 2.75) is 25.3 Å². The summed E-state index contributed by atoms with van der Waals surface area (Å²) in [6, 6.07) is 7.06. The summed E-state index contributed by atoms with van der Waals surface area (Å²) in [7, 11) is 0. The van der Waals surface area contributed by atoms with Gasteiger partial charge in [-0.05, 0) is 37.5 Å². The predicted molar refractivity (Wildman–Crippen MR) is 58.5 cm³/mol. The van der Waals surface area contributed by atoms with E-state index in [0.717, 1.165) is 31.5 Å². The molecule has 0 amide bonds. The first-order valence-electron chi connectivity index (χ1n) is 5.44. The second-order valence-corrected chi connectivity index (χ2v) is 3.98. The number of aliphatic hydroxyl groups is 1. The highest BCUT2D eigenvalue weighted by Crippen LogP contribution is 2.27. The summed E-state index contributed by atoms with van der Waals surface area (Å²) in [5.41, 5.74) is 0.936. The average Bonchev–Trinajstić information content (AvgIpc) is 2.66. The van der Waals surface area contributed by atoms with E-state index in [1.54, 1.807) is 12.1 Å². The third kappa shape index (κ3) is 2.29. The molecule has 3 heteroatoms. The van der Waals surface area contributed by atoms with Gasteiger partial charge in [-0.2, -0.15) is 0 Å². The molecule has 1 aliphatic rings. The second kappa shape index (κ2) is 4.62. The van der Waals surface area contributed by atoms with Crippen molar-refractivity contribution in [1.82, 2.24) is 0 Å². The molecule has 1 unspecified atom stereocenters. The highest BCUT2D eigenvalue weighted by Gasteiger charge is 2.24. The van der Waals surface area contributed by atoms with Crippen molar-refractivity contribution < 1.29 is 9.50 Å². The van der Waals surface area contributed by atoms with Crippen LogP contribution in [0.3, 0.4) is 0 Å². The fourth-order valence-corrected chi connectivity index (χ4v) is 2.28. The van der Waals surface area contributed by atoms with Crippen LogP contribution in [-0.4, -0.2) is 24.3 Å². The number of anilines is 1. The Morgan fingerprint density at radius 1 is 1.47 bits per heavy atom. The topological polar surface area (TPSA) is 23.5 Å². The smallest absolute Gasteiger partial charge is 0.125 e. The Morgan fingerprint density at radius 3 is 3.07 bits per heavy atom. The minimum atomic E-state index is -0.192. The van der Waals surface area contributed by atoms with Crippen molar-refractivity contribution in [3.05, 3.63) is 30.1 Å². The van der Waals surface area contributed by atoms with Gasteiger partial charge in [-0.1, -0.05) is 6.07 Å². The summed E-state index contributed by atoms with van der Waals surface area (Å²) in [5, 5.41) is 8.95. The van der Waals surface area contributed by atoms with Gasteiger partial charge in [-0.3, -0.25) is 0 Å². The molecule has 0 aliphatic carbocycles. The highest BCUT2D eigenvalue weighted by atomic mass is 19.1. The lowest BCUT2D eigenvalue weighted by molar-refractivity contribution is 0.276. The lowest BCUT2D eigenvalue weighted by Crippen LogP contribution is -2.29. The average molecular weight is 209 g/mol. The van der Waals surface area contributed by atoms with Crippen LogP contribution in [-0.2, 0) is 0 Å². The molecule has 0 aromatic heterocycles. The maximum Gasteiger partial charge on any atom is 0.125 e. The molecule has 1 aromatic carbocycles. The summed E-state index contributed by atoms with van der Waals surface area (Å²) >= 11 is 0. The SMILES string of the molecule is OCCC1CCCN1c1cccc(F)c1. The minimum absolute atomic E-state index is 0.192. The number of halogens is 1. The summed E-state index contributed by atoms with van der Waals surface area (Å²) < 4.78 is 13.1. The van der Waals surface area contributed by atoms with Crippen LogP contribution in [0.2, 0.25) is 0 Å². The van der Waals surface area contributed by atoms with Crippen LogP contribution in [0.15, 0.2) is 24.3 Å². The number of rotatable bonds is 3. The van der Waals surface area contributed by atoms with Crippen LogP contribution >= 0.6 is 0 Å². The van der Waals surface area contributed by atoms with Crippen LogP contribution in [0, 0.1) is 5.82 Å². The van der Waals surface area contributed by atoms with Crippen molar-refractivity contribution in [2.75, 3.05) is 18.1 Å². The first-order chi connectivity index (χ1) is 7.31. The van der Waals surface area contributed by atoms with Gasteiger partial charge >= 0.3 is 0 Å². The lowest BCUT2D eigenvalue weighted by atomic mass is 10.1. The fourth-order valence-electron chi connectivity index (χ4n) is 2.28. The largest absolute Gasteiger partial charge is 0.396 e. The summed E-state index contributed by atoms with van der Waals surface area (Å²) in [6.45, 7) is 1.17. The van der Waals surface area contributed by atoms with E-state index in [-0.39, 0.29) is 12.4 Å². The molecule has 1 N–H and O–H groups in total. The van der Waals surface area contributed by atoms with E-state index in [0.29, 0.717) is 6.04 Å². The van der Waals surface area contributed by atoms with Gasteiger partial charge in [0.15, 0.2) is 0 Å². The van der Waals surface area contributed by atoms with E-state index < -0.39 is 0 Å². The Kier molecular flexibility index (Phi) is 3.21. The molecule has 2 rings (SSSR count). The van der Waals surface area contributed by atoms with E-state index in [9.17, 15) is 4.39 Å². The first-order valence-corrected chi connectivity index (χ1v) is 5.44. The molecular formula is C12H16FNO. The van der Waals surface area contributed by atoms with E-state index in [1.807, 2.05) is 6.07 Å². The summed E-state index contributed by atoms with van der Waals surface area (Å²) in [6.07, 6.45) is 2.99. The molecule has 1 aliphatic heterocycles. The summed E-state index contributed by atoms with van der Waals surface area (Å²) in [4.78, 5) is 2.19. The van der Waals surface area contributed by atoms with E-state index in [4.69, 9.17) is 5.11 Å². The Hall–Kier alpha value is -1.09. The number of hydrogen-bond donors (Lipinski definition) is 1. The zero-order valence-electron chi connectivity index (χ0n) is 8.69. The number of benzene rings is 1. The molecular weight excluding hydrogens is 193 g/mol. The van der Waals surface area contributed by atoms with Crippen molar-refractivity contribution >= 4 is 5.69 Å². The molecule has 2 nitrogen and oxygen atoms in total. The van der Waals surface area contributed by atoms with Crippen molar-refractivity contribution in [3.63, 3.8) is 0 Å². The third-order valence-corrected chi connectivity index (χ3v) is 2.98. The quantitative estimate of drug-likeness (QED) is 0.824. The molecule has 15 heavy (non-hydrogen) atoms. The van der Waals surface area contributed by atoms with Crippen molar-refractivity contribution in [3.8, 4) is 0 Å². The molecule has 82 valence electrons. The van der Waals surface area contributed by atoms with E-state index >= 15 is 0 Å². The minimum Gasteiger partial charge on any atom is -0.396 e. The van der Waals surface area contributed by atoms with Crippen molar-refractivity contribution in [1.29, 1.82) is 0 Å². The molecule has 1 aromatic rings. The predicted octanol–water partition coefficient (Wildman–Crippen LogP) is 2.18. The third-order valence-electron chi connectivity index (χ3n) is 2.98. The van der Waals surface area contributed by atoms with Gasteiger partial charge in [-0.15, -0.1) is 0 Å². The Labute approximate surface area is 89.3 Å². The number of hydrogen-bond acceptors (Lipinski definition) is 2. The molecule has 1 fully saturated rings. The molecule has 0 radical (unpaired) electrons. The normalized spacial score (nSPS) is 20.9. The van der Waals surface area contributed by atoms with Crippen LogP contribution in [0.25, 0.3) is 0 Å². The second-order valence-electron chi connectivity index (χ2n) is 3.98. The number of nitrogens with zero attached hydrogens (tertiary/aromatic N) is 1. The zero-order valence-corrected chi connectivity index (χ0v) is 8.69. The molecule has 0 saturated carbocycles. The van der Waals surface area contributed by atoms with Crippen LogP contribution in [0.1, 0.15) is 19.3 Å². The molecule has 1 heterocycles. The monoisotopic (exact) mass is 209 g/mol.